The second-order valence-electron chi connectivity index (χ2n) is 6.89. The van der Waals surface area contributed by atoms with Crippen LogP contribution in [0.5, 0.6) is 0 Å². The van der Waals surface area contributed by atoms with E-state index in [2.05, 4.69) is 11.9 Å². The summed E-state index contributed by atoms with van der Waals surface area (Å²) in [6.45, 7) is 2.32. The molecule has 2 fully saturated rings. The molecule has 29 heavy (non-hydrogen) atoms. The molecule has 0 saturated carbocycles. The number of likely N-dealkylation sites (N-methyl/N-ethyl adjacent to an activating group) is 1. The Hall–Kier alpha value is -2.11. The van der Waals surface area contributed by atoms with E-state index in [0.717, 1.165) is 31.8 Å². The molecule has 0 unspecified atom stereocenters. The number of rotatable bonds is 5. The molecular weight excluding hydrogens is 397 g/mol. The number of fused-ring (bicyclic) bond motifs is 1. The zero-order valence-corrected chi connectivity index (χ0v) is 16.2. The lowest BCUT2D eigenvalue weighted by Gasteiger charge is -2.34. The minimum absolute atomic E-state index is 0.0527. The third-order valence-electron chi connectivity index (χ3n) is 4.88. The smallest absolute Gasteiger partial charge is 0.475 e. The summed E-state index contributed by atoms with van der Waals surface area (Å²) in [5.41, 5.74) is 0. The Morgan fingerprint density at radius 3 is 2.66 bits per heavy atom. The van der Waals surface area contributed by atoms with Crippen molar-refractivity contribution < 1.29 is 41.8 Å². The number of alkyl halides is 3. The molecule has 8 nitrogen and oxygen atoms in total. The predicted octanol–water partition coefficient (Wildman–Crippen LogP) is 1.75. The molecular formula is C18H25F3N2O6. The maximum Gasteiger partial charge on any atom is 0.490 e. The summed E-state index contributed by atoms with van der Waals surface area (Å²) in [6, 6.07) is 4.22. The summed E-state index contributed by atoms with van der Waals surface area (Å²) in [5.74, 6) is -1.78. The fraction of sp³-hybridized carbons (Fsp3) is 0.667. The van der Waals surface area contributed by atoms with Crippen LogP contribution in [0.15, 0.2) is 22.8 Å². The number of hydrogen-bond acceptors (Lipinski definition) is 6. The Morgan fingerprint density at radius 2 is 2.10 bits per heavy atom. The molecule has 1 N–H and O–H groups in total. The Labute approximate surface area is 166 Å². The van der Waals surface area contributed by atoms with E-state index in [0.29, 0.717) is 6.54 Å². The van der Waals surface area contributed by atoms with Crippen molar-refractivity contribution in [2.24, 2.45) is 0 Å². The molecule has 0 bridgehead atoms. The van der Waals surface area contributed by atoms with Crippen LogP contribution in [0.25, 0.3) is 0 Å². The average molecular weight is 422 g/mol. The first kappa shape index (κ1) is 23.2. The molecule has 1 aromatic heterocycles. The van der Waals surface area contributed by atoms with E-state index in [-0.39, 0.29) is 30.7 Å². The van der Waals surface area contributed by atoms with Crippen molar-refractivity contribution in [3.63, 3.8) is 0 Å². The number of carbonyl (C=O) groups is 2. The fourth-order valence-electron chi connectivity index (χ4n) is 3.58. The number of furan rings is 1. The van der Waals surface area contributed by atoms with Crippen molar-refractivity contribution in [3.05, 3.63) is 24.2 Å². The number of halogens is 3. The monoisotopic (exact) mass is 422 g/mol. The lowest BCUT2D eigenvalue weighted by Crippen LogP contribution is -2.46. The van der Waals surface area contributed by atoms with Gasteiger partial charge in [-0.05, 0) is 32.0 Å². The zero-order chi connectivity index (χ0) is 21.6. The van der Waals surface area contributed by atoms with Crippen LogP contribution >= 0.6 is 0 Å². The van der Waals surface area contributed by atoms with Crippen molar-refractivity contribution in [3.8, 4) is 0 Å². The molecule has 3 rings (SSSR count). The second-order valence-corrected chi connectivity index (χ2v) is 6.89. The van der Waals surface area contributed by atoms with Crippen molar-refractivity contribution >= 4 is 11.9 Å². The summed E-state index contributed by atoms with van der Waals surface area (Å²) in [6.07, 6.45) is -1.31. The van der Waals surface area contributed by atoms with E-state index in [4.69, 9.17) is 23.8 Å². The van der Waals surface area contributed by atoms with Crippen LogP contribution in [0.2, 0.25) is 0 Å². The second kappa shape index (κ2) is 10.1. The molecule has 3 atom stereocenters. The van der Waals surface area contributed by atoms with Crippen LogP contribution < -0.4 is 0 Å². The maximum atomic E-state index is 12.3. The molecule has 2 aliphatic rings. The van der Waals surface area contributed by atoms with Gasteiger partial charge in [-0.25, -0.2) is 4.79 Å². The zero-order valence-electron chi connectivity index (χ0n) is 16.2. The maximum absolute atomic E-state index is 12.3. The van der Waals surface area contributed by atoms with Crippen LogP contribution in [-0.4, -0.2) is 85.1 Å². The fourth-order valence-corrected chi connectivity index (χ4v) is 3.58. The predicted molar refractivity (Wildman–Crippen MR) is 94.0 cm³/mol. The molecule has 2 aliphatic heterocycles. The van der Waals surface area contributed by atoms with E-state index in [1.54, 1.807) is 13.4 Å². The van der Waals surface area contributed by atoms with Crippen molar-refractivity contribution in [2.45, 2.75) is 43.8 Å². The Balaban J connectivity index is 0.000000370. The van der Waals surface area contributed by atoms with Crippen LogP contribution in [0.4, 0.5) is 13.2 Å². The molecule has 1 aromatic rings. The highest BCUT2D eigenvalue weighted by Gasteiger charge is 2.47. The summed E-state index contributed by atoms with van der Waals surface area (Å²) in [4.78, 5) is 25.4. The number of carboxylic acid groups (broad SMARTS) is 1. The minimum Gasteiger partial charge on any atom is -0.475 e. The molecule has 164 valence electrons. The number of nitrogens with zero attached hydrogens (tertiary/aromatic N) is 2. The Morgan fingerprint density at radius 1 is 1.41 bits per heavy atom. The number of likely N-dealkylation sites (tertiary alicyclic amines) is 1. The molecule has 0 aromatic carbocycles. The molecule has 0 aliphatic carbocycles. The highest BCUT2D eigenvalue weighted by Crippen LogP contribution is 2.32. The van der Waals surface area contributed by atoms with Crippen LogP contribution in [0.3, 0.4) is 0 Å². The highest BCUT2D eigenvalue weighted by molar-refractivity contribution is 5.78. The molecule has 2 saturated heterocycles. The van der Waals surface area contributed by atoms with E-state index in [9.17, 15) is 18.0 Å². The standard InChI is InChI=1S/C16H24N2O4.C2HF3O2/c1-17(9-12-5-3-7-21-12)14-10-18(15(19)11-20-2)13-6-4-8-22-16(13)14;3-2(4,5)1(6)7/h3,5,7,13-14,16H,4,6,8-11H2,1-2H3;(H,6,7)/t13-,14-,16+;/m0./s1. The van der Waals surface area contributed by atoms with Gasteiger partial charge < -0.3 is 23.9 Å². The molecule has 11 heteroatoms. The first-order valence-corrected chi connectivity index (χ1v) is 9.08. The van der Waals surface area contributed by atoms with Gasteiger partial charge in [-0.2, -0.15) is 13.2 Å². The number of carboxylic acids is 1. The van der Waals surface area contributed by atoms with Gasteiger partial charge in [0.05, 0.1) is 31.0 Å². The topological polar surface area (TPSA) is 92.5 Å². The van der Waals surface area contributed by atoms with E-state index in [1.165, 1.54) is 0 Å². The average Bonchev–Trinajstić information content (AvgIpc) is 3.29. The number of ether oxygens (including phenoxy) is 2. The first-order chi connectivity index (χ1) is 13.6. The minimum atomic E-state index is -5.08. The summed E-state index contributed by atoms with van der Waals surface area (Å²) < 4.78 is 48.2. The van der Waals surface area contributed by atoms with Gasteiger partial charge in [-0.3, -0.25) is 9.69 Å². The quantitative estimate of drug-likeness (QED) is 0.773. The number of aliphatic carboxylic acids is 1. The van der Waals surface area contributed by atoms with Gasteiger partial charge in [-0.15, -0.1) is 0 Å². The highest BCUT2D eigenvalue weighted by atomic mass is 19.4. The lowest BCUT2D eigenvalue weighted by molar-refractivity contribution is -0.192. The number of amides is 1. The molecule has 0 radical (unpaired) electrons. The molecule has 3 heterocycles. The van der Waals surface area contributed by atoms with Crippen LogP contribution in [0, 0.1) is 0 Å². The molecule has 1 amide bonds. The third-order valence-corrected chi connectivity index (χ3v) is 4.88. The van der Waals surface area contributed by atoms with Gasteiger partial charge in [0, 0.05) is 20.3 Å². The van der Waals surface area contributed by atoms with Crippen molar-refractivity contribution in [2.75, 3.05) is 33.9 Å². The third kappa shape index (κ3) is 6.18. The van der Waals surface area contributed by atoms with E-state index in [1.807, 2.05) is 17.0 Å². The van der Waals surface area contributed by atoms with Crippen LogP contribution in [-0.2, 0) is 25.6 Å². The number of carbonyl (C=O) groups excluding carboxylic acids is 1. The first-order valence-electron chi connectivity index (χ1n) is 9.08. The normalized spacial score (nSPS) is 24.1. The molecule has 0 spiro atoms. The van der Waals surface area contributed by atoms with Gasteiger partial charge in [0.1, 0.15) is 12.4 Å². The summed E-state index contributed by atoms with van der Waals surface area (Å²) >= 11 is 0. The largest absolute Gasteiger partial charge is 0.490 e. The van der Waals surface area contributed by atoms with Gasteiger partial charge >= 0.3 is 12.1 Å². The summed E-state index contributed by atoms with van der Waals surface area (Å²) in [5, 5.41) is 7.12. The number of methoxy groups -OCH3 is 1. The van der Waals surface area contributed by atoms with Crippen molar-refractivity contribution in [1.29, 1.82) is 0 Å². The van der Waals surface area contributed by atoms with Crippen molar-refractivity contribution in [1.82, 2.24) is 9.80 Å². The van der Waals surface area contributed by atoms with E-state index < -0.39 is 12.1 Å². The van der Waals surface area contributed by atoms with Gasteiger partial charge in [-0.1, -0.05) is 0 Å². The lowest BCUT2D eigenvalue weighted by atomic mass is 10.00. The Bertz CT molecular complexity index is 667. The number of hydrogen-bond donors (Lipinski definition) is 1. The Kier molecular flexibility index (Phi) is 8.05. The van der Waals surface area contributed by atoms with Gasteiger partial charge in [0.25, 0.3) is 0 Å². The summed E-state index contributed by atoms with van der Waals surface area (Å²) in [7, 11) is 3.62. The SMILES string of the molecule is COCC(=O)N1C[C@H](N(C)Cc2ccco2)[C@@H]2OCCC[C@@H]21.O=C(O)C(F)(F)F. The van der Waals surface area contributed by atoms with Gasteiger partial charge in [0.15, 0.2) is 0 Å². The van der Waals surface area contributed by atoms with Crippen LogP contribution in [0.1, 0.15) is 18.6 Å². The van der Waals surface area contributed by atoms with Gasteiger partial charge in [0.2, 0.25) is 5.91 Å². The van der Waals surface area contributed by atoms with E-state index >= 15 is 0 Å².